The Morgan fingerprint density at radius 1 is 1.10 bits per heavy atom. The molecule has 2 rings (SSSR count). The average molecular weight is 298 g/mol. The largest absolute Gasteiger partial charge is 0.478 e. The molecule has 21 heavy (non-hydrogen) atoms. The highest BCUT2D eigenvalue weighted by atomic mass is 16.6. The van der Waals surface area contributed by atoms with Gasteiger partial charge in [0.15, 0.2) is 0 Å². The van der Waals surface area contributed by atoms with Crippen LogP contribution in [0.3, 0.4) is 0 Å². The van der Waals surface area contributed by atoms with Crippen molar-refractivity contribution < 1.29 is 29.6 Å². The van der Waals surface area contributed by atoms with E-state index in [4.69, 9.17) is 4.74 Å². The standard InChI is InChI=1S/C15H22O6/c1-7(15(19)20)9-3-5-11(17)10-4-6-12(18)14(13(9)10)21-8(2)16/h9-14,17-18H,1,3-6H2,2H3,(H,19,20)/t9-,10-,11-,12+,13+,14-/m0/s1. The summed E-state index contributed by atoms with van der Waals surface area (Å²) in [5, 5.41) is 29.5. The van der Waals surface area contributed by atoms with Gasteiger partial charge >= 0.3 is 11.9 Å². The van der Waals surface area contributed by atoms with Crippen molar-refractivity contribution in [3.8, 4) is 0 Å². The van der Waals surface area contributed by atoms with Gasteiger partial charge in [0.2, 0.25) is 0 Å². The first-order valence-corrected chi connectivity index (χ1v) is 7.28. The molecule has 0 aromatic carbocycles. The number of esters is 1. The van der Waals surface area contributed by atoms with Gasteiger partial charge in [-0.25, -0.2) is 4.79 Å². The minimum absolute atomic E-state index is 0.0585. The summed E-state index contributed by atoms with van der Waals surface area (Å²) in [5.41, 5.74) is 0.0585. The third-order valence-corrected chi connectivity index (χ3v) is 4.81. The average Bonchev–Trinajstić information content (AvgIpc) is 2.41. The van der Waals surface area contributed by atoms with Crippen molar-refractivity contribution in [2.45, 2.75) is 50.9 Å². The number of aliphatic hydroxyl groups excluding tert-OH is 2. The van der Waals surface area contributed by atoms with Gasteiger partial charge in [-0.1, -0.05) is 6.58 Å². The molecule has 2 aliphatic carbocycles. The predicted octanol–water partition coefficient (Wildman–Crippen LogP) is 0.717. The molecule has 2 fully saturated rings. The molecule has 0 spiro atoms. The molecule has 6 heteroatoms. The van der Waals surface area contributed by atoms with E-state index in [9.17, 15) is 24.9 Å². The van der Waals surface area contributed by atoms with E-state index >= 15 is 0 Å². The number of aliphatic hydroxyl groups is 2. The van der Waals surface area contributed by atoms with E-state index in [1.165, 1.54) is 6.92 Å². The Morgan fingerprint density at radius 2 is 1.71 bits per heavy atom. The first kappa shape index (κ1) is 16.0. The van der Waals surface area contributed by atoms with Crippen molar-refractivity contribution in [3.63, 3.8) is 0 Å². The maximum absolute atomic E-state index is 11.3. The van der Waals surface area contributed by atoms with Gasteiger partial charge in [0, 0.05) is 18.4 Å². The number of carboxylic acid groups (broad SMARTS) is 1. The molecule has 0 heterocycles. The first-order chi connectivity index (χ1) is 9.82. The van der Waals surface area contributed by atoms with Crippen LogP contribution in [0.15, 0.2) is 12.2 Å². The molecule has 6 atom stereocenters. The van der Waals surface area contributed by atoms with Crippen molar-refractivity contribution in [2.75, 3.05) is 0 Å². The summed E-state index contributed by atoms with van der Waals surface area (Å²) < 4.78 is 5.25. The highest BCUT2D eigenvalue weighted by molar-refractivity contribution is 5.86. The number of hydrogen-bond acceptors (Lipinski definition) is 5. The third kappa shape index (κ3) is 3.11. The van der Waals surface area contributed by atoms with E-state index in [1.54, 1.807) is 0 Å². The summed E-state index contributed by atoms with van der Waals surface area (Å²) in [7, 11) is 0. The predicted molar refractivity (Wildman–Crippen MR) is 73.3 cm³/mol. The van der Waals surface area contributed by atoms with Crippen LogP contribution in [0.1, 0.15) is 32.6 Å². The number of rotatable bonds is 3. The Kier molecular flexibility index (Phi) is 4.68. The van der Waals surface area contributed by atoms with Gasteiger partial charge in [0.25, 0.3) is 0 Å². The van der Waals surface area contributed by atoms with Crippen LogP contribution < -0.4 is 0 Å². The fraction of sp³-hybridized carbons (Fsp3) is 0.733. The zero-order valence-corrected chi connectivity index (χ0v) is 12.1. The number of aliphatic carboxylic acids is 1. The lowest BCUT2D eigenvalue weighted by atomic mass is 9.60. The summed E-state index contributed by atoms with van der Waals surface area (Å²) in [6.45, 7) is 4.89. The van der Waals surface area contributed by atoms with Crippen LogP contribution in [0.4, 0.5) is 0 Å². The van der Waals surface area contributed by atoms with Crippen molar-refractivity contribution in [1.29, 1.82) is 0 Å². The van der Waals surface area contributed by atoms with Crippen LogP contribution in [-0.2, 0) is 14.3 Å². The van der Waals surface area contributed by atoms with E-state index in [0.717, 1.165) is 0 Å². The highest BCUT2D eigenvalue weighted by Crippen LogP contribution is 2.47. The number of ether oxygens (including phenoxy) is 1. The number of carbonyl (C=O) groups is 2. The van der Waals surface area contributed by atoms with Crippen LogP contribution >= 0.6 is 0 Å². The quantitative estimate of drug-likeness (QED) is 0.524. The van der Waals surface area contributed by atoms with Crippen LogP contribution in [-0.4, -0.2) is 45.6 Å². The van der Waals surface area contributed by atoms with Crippen LogP contribution in [0, 0.1) is 17.8 Å². The topological polar surface area (TPSA) is 104 Å². The summed E-state index contributed by atoms with van der Waals surface area (Å²) in [4.78, 5) is 22.5. The molecule has 0 unspecified atom stereocenters. The van der Waals surface area contributed by atoms with Gasteiger partial charge in [-0.05, 0) is 37.5 Å². The molecule has 0 saturated heterocycles. The maximum Gasteiger partial charge on any atom is 0.331 e. The van der Waals surface area contributed by atoms with Crippen molar-refractivity contribution in [1.82, 2.24) is 0 Å². The Bertz CT molecular complexity index is 445. The summed E-state index contributed by atoms with van der Waals surface area (Å²) in [5.74, 6) is -2.57. The molecule has 2 aliphatic rings. The molecule has 0 aromatic heterocycles. The van der Waals surface area contributed by atoms with E-state index in [0.29, 0.717) is 25.7 Å². The SMILES string of the molecule is C=C(C(=O)O)[C@@H]1CC[C@H](O)[C@@H]2CC[C@@H](O)[C@H](OC(C)=O)[C@@H]21. The monoisotopic (exact) mass is 298 g/mol. The second kappa shape index (κ2) is 6.15. The molecule has 0 aliphatic heterocycles. The molecule has 6 nitrogen and oxygen atoms in total. The fourth-order valence-electron chi connectivity index (χ4n) is 3.87. The van der Waals surface area contributed by atoms with Gasteiger partial charge in [0.1, 0.15) is 6.10 Å². The fourth-order valence-corrected chi connectivity index (χ4v) is 3.87. The van der Waals surface area contributed by atoms with E-state index < -0.39 is 42.1 Å². The second-order valence-corrected chi connectivity index (χ2v) is 6.04. The van der Waals surface area contributed by atoms with Crippen LogP contribution in [0.5, 0.6) is 0 Å². The maximum atomic E-state index is 11.3. The molecule has 2 saturated carbocycles. The van der Waals surface area contributed by atoms with E-state index in [2.05, 4.69) is 6.58 Å². The minimum Gasteiger partial charge on any atom is -0.478 e. The molecule has 3 N–H and O–H groups in total. The number of fused-ring (bicyclic) bond motifs is 1. The number of carbonyl (C=O) groups excluding carboxylic acids is 1. The Morgan fingerprint density at radius 3 is 2.29 bits per heavy atom. The minimum atomic E-state index is -1.09. The summed E-state index contributed by atoms with van der Waals surface area (Å²) >= 11 is 0. The van der Waals surface area contributed by atoms with Gasteiger partial charge in [-0.3, -0.25) is 4.79 Å². The van der Waals surface area contributed by atoms with Gasteiger partial charge in [-0.2, -0.15) is 0 Å². The molecule has 0 radical (unpaired) electrons. The number of carboxylic acids is 1. The van der Waals surface area contributed by atoms with Crippen molar-refractivity contribution in [2.24, 2.45) is 17.8 Å². The lowest BCUT2D eigenvalue weighted by Gasteiger charge is -2.49. The molecular formula is C15H22O6. The third-order valence-electron chi connectivity index (χ3n) is 4.81. The van der Waals surface area contributed by atoms with Crippen LogP contribution in [0.25, 0.3) is 0 Å². The number of hydrogen-bond donors (Lipinski definition) is 3. The van der Waals surface area contributed by atoms with Gasteiger partial charge in [-0.15, -0.1) is 0 Å². The molecule has 118 valence electrons. The summed E-state index contributed by atoms with van der Waals surface area (Å²) in [6.07, 6.45) is -0.171. The second-order valence-electron chi connectivity index (χ2n) is 6.04. The Balaban J connectivity index is 2.32. The Labute approximate surface area is 123 Å². The van der Waals surface area contributed by atoms with Crippen LogP contribution in [0.2, 0.25) is 0 Å². The Hall–Kier alpha value is -1.40. The van der Waals surface area contributed by atoms with Crippen molar-refractivity contribution >= 4 is 11.9 Å². The molecular weight excluding hydrogens is 276 g/mol. The molecule has 0 aromatic rings. The van der Waals surface area contributed by atoms with Gasteiger partial charge in [0.05, 0.1) is 12.2 Å². The van der Waals surface area contributed by atoms with Crippen molar-refractivity contribution in [3.05, 3.63) is 12.2 Å². The normalized spacial score (nSPS) is 39.2. The molecule has 0 bridgehead atoms. The zero-order valence-electron chi connectivity index (χ0n) is 12.1. The smallest absolute Gasteiger partial charge is 0.331 e. The zero-order chi connectivity index (χ0) is 15.7. The highest BCUT2D eigenvalue weighted by Gasteiger charge is 2.50. The van der Waals surface area contributed by atoms with E-state index in [1.807, 2.05) is 0 Å². The lowest BCUT2D eigenvalue weighted by molar-refractivity contribution is -0.176. The van der Waals surface area contributed by atoms with Gasteiger partial charge < -0.3 is 20.1 Å². The lowest BCUT2D eigenvalue weighted by Crippen LogP contribution is -2.54. The molecule has 0 amide bonds. The summed E-state index contributed by atoms with van der Waals surface area (Å²) in [6, 6.07) is 0. The van der Waals surface area contributed by atoms with E-state index in [-0.39, 0.29) is 11.5 Å². The first-order valence-electron chi connectivity index (χ1n) is 7.28.